The first kappa shape index (κ1) is 16.3. The highest BCUT2D eigenvalue weighted by Crippen LogP contribution is 2.13. The van der Waals surface area contributed by atoms with Crippen molar-refractivity contribution in [3.8, 4) is 0 Å². The standard InChI is InChI=1S/C19H18ClN3O/c1-2-14-3-7-16(8-4-14)19(24)22-18-11-21-23(13-18)12-15-5-9-17(20)10-6-15/h3-11,13H,2,12H2,1H3,(H,22,24). The molecule has 0 aliphatic carbocycles. The summed E-state index contributed by atoms with van der Waals surface area (Å²) in [6.45, 7) is 2.71. The number of aryl methyl sites for hydroxylation is 1. The molecule has 0 unspecified atom stereocenters. The molecule has 0 spiro atoms. The summed E-state index contributed by atoms with van der Waals surface area (Å²) in [5.41, 5.74) is 3.61. The molecule has 0 radical (unpaired) electrons. The first-order valence-corrected chi connectivity index (χ1v) is 8.19. The molecule has 122 valence electrons. The van der Waals surface area contributed by atoms with E-state index in [4.69, 9.17) is 11.6 Å². The summed E-state index contributed by atoms with van der Waals surface area (Å²) in [6, 6.07) is 15.2. The predicted molar refractivity (Wildman–Crippen MR) is 96.6 cm³/mol. The lowest BCUT2D eigenvalue weighted by molar-refractivity contribution is 0.102. The quantitative estimate of drug-likeness (QED) is 0.749. The van der Waals surface area contributed by atoms with Gasteiger partial charge in [0.2, 0.25) is 0 Å². The van der Waals surface area contributed by atoms with Crippen molar-refractivity contribution >= 4 is 23.2 Å². The van der Waals surface area contributed by atoms with Crippen LogP contribution in [0, 0.1) is 0 Å². The summed E-state index contributed by atoms with van der Waals surface area (Å²) >= 11 is 5.88. The highest BCUT2D eigenvalue weighted by Gasteiger charge is 2.07. The Morgan fingerprint density at radius 2 is 1.75 bits per heavy atom. The number of hydrogen-bond acceptors (Lipinski definition) is 2. The summed E-state index contributed by atoms with van der Waals surface area (Å²) in [5.74, 6) is -0.135. The number of aromatic nitrogens is 2. The Kier molecular flexibility index (Phi) is 4.96. The van der Waals surface area contributed by atoms with Gasteiger partial charge in [-0.25, -0.2) is 0 Å². The van der Waals surface area contributed by atoms with Crippen molar-refractivity contribution in [3.63, 3.8) is 0 Å². The second-order valence-corrected chi connectivity index (χ2v) is 5.99. The van der Waals surface area contributed by atoms with Gasteiger partial charge in [-0.3, -0.25) is 9.48 Å². The van der Waals surface area contributed by atoms with E-state index in [0.29, 0.717) is 22.8 Å². The number of amides is 1. The molecule has 0 bridgehead atoms. The maximum atomic E-state index is 12.3. The van der Waals surface area contributed by atoms with Crippen molar-refractivity contribution < 1.29 is 4.79 Å². The topological polar surface area (TPSA) is 46.9 Å². The molecule has 2 aromatic carbocycles. The van der Waals surface area contributed by atoms with Crippen molar-refractivity contribution in [2.45, 2.75) is 19.9 Å². The van der Waals surface area contributed by atoms with Gasteiger partial charge in [0, 0.05) is 16.8 Å². The molecule has 24 heavy (non-hydrogen) atoms. The molecule has 0 saturated carbocycles. The molecule has 5 heteroatoms. The van der Waals surface area contributed by atoms with Crippen LogP contribution in [0.3, 0.4) is 0 Å². The van der Waals surface area contributed by atoms with Gasteiger partial charge in [-0.05, 0) is 41.8 Å². The second kappa shape index (κ2) is 7.32. The van der Waals surface area contributed by atoms with Gasteiger partial charge in [0.25, 0.3) is 5.91 Å². The van der Waals surface area contributed by atoms with E-state index in [-0.39, 0.29) is 5.91 Å². The van der Waals surface area contributed by atoms with Gasteiger partial charge in [-0.1, -0.05) is 42.8 Å². The molecular formula is C19H18ClN3O. The summed E-state index contributed by atoms with van der Waals surface area (Å²) < 4.78 is 1.78. The third kappa shape index (κ3) is 4.03. The minimum atomic E-state index is -0.135. The average molecular weight is 340 g/mol. The van der Waals surface area contributed by atoms with Crippen molar-refractivity contribution in [2.75, 3.05) is 5.32 Å². The van der Waals surface area contributed by atoms with Gasteiger partial charge in [-0.2, -0.15) is 5.10 Å². The van der Waals surface area contributed by atoms with Crippen molar-refractivity contribution in [3.05, 3.63) is 82.6 Å². The van der Waals surface area contributed by atoms with Gasteiger partial charge in [0.1, 0.15) is 0 Å². The van der Waals surface area contributed by atoms with Gasteiger partial charge in [0.15, 0.2) is 0 Å². The summed E-state index contributed by atoms with van der Waals surface area (Å²) in [7, 11) is 0. The zero-order valence-corrected chi connectivity index (χ0v) is 14.1. The van der Waals surface area contributed by atoms with E-state index in [9.17, 15) is 4.79 Å². The zero-order valence-electron chi connectivity index (χ0n) is 13.4. The van der Waals surface area contributed by atoms with Crippen molar-refractivity contribution in [1.82, 2.24) is 9.78 Å². The Morgan fingerprint density at radius 1 is 1.08 bits per heavy atom. The highest BCUT2D eigenvalue weighted by atomic mass is 35.5. The lowest BCUT2D eigenvalue weighted by Gasteiger charge is -2.04. The van der Waals surface area contributed by atoms with Crippen LogP contribution in [0.5, 0.6) is 0 Å². The third-order valence-corrected chi connectivity index (χ3v) is 4.03. The van der Waals surface area contributed by atoms with E-state index in [1.807, 2.05) is 54.7 Å². The third-order valence-electron chi connectivity index (χ3n) is 3.77. The molecule has 0 saturated heterocycles. The van der Waals surface area contributed by atoms with Crippen LogP contribution in [-0.4, -0.2) is 15.7 Å². The van der Waals surface area contributed by atoms with Crippen LogP contribution in [-0.2, 0) is 13.0 Å². The van der Waals surface area contributed by atoms with Gasteiger partial charge in [0.05, 0.1) is 18.4 Å². The number of carbonyl (C=O) groups excluding carboxylic acids is 1. The first-order valence-electron chi connectivity index (χ1n) is 7.81. The summed E-state index contributed by atoms with van der Waals surface area (Å²) in [4.78, 5) is 12.3. The molecule has 1 amide bonds. The van der Waals surface area contributed by atoms with Crippen LogP contribution in [0.1, 0.15) is 28.4 Å². The molecule has 0 aliphatic heterocycles. The fraction of sp³-hybridized carbons (Fsp3) is 0.158. The average Bonchev–Trinajstić information content (AvgIpc) is 3.04. The lowest BCUT2D eigenvalue weighted by atomic mass is 10.1. The van der Waals surface area contributed by atoms with Crippen LogP contribution in [0.4, 0.5) is 5.69 Å². The molecule has 3 aromatic rings. The number of halogens is 1. The predicted octanol–water partition coefficient (Wildman–Crippen LogP) is 4.40. The van der Waals surface area contributed by atoms with E-state index in [2.05, 4.69) is 17.3 Å². The van der Waals surface area contributed by atoms with E-state index in [1.54, 1.807) is 10.9 Å². The minimum Gasteiger partial charge on any atom is -0.319 e. The number of rotatable bonds is 5. The van der Waals surface area contributed by atoms with Crippen LogP contribution in [0.15, 0.2) is 60.9 Å². The summed E-state index contributed by atoms with van der Waals surface area (Å²) in [5, 5.41) is 7.85. The van der Waals surface area contributed by atoms with E-state index < -0.39 is 0 Å². The minimum absolute atomic E-state index is 0.135. The molecule has 1 heterocycles. The number of carbonyl (C=O) groups is 1. The highest BCUT2D eigenvalue weighted by molar-refractivity contribution is 6.30. The van der Waals surface area contributed by atoms with Crippen LogP contribution in [0.25, 0.3) is 0 Å². The Labute approximate surface area is 146 Å². The molecule has 0 aliphatic rings. The number of benzene rings is 2. The molecule has 1 aromatic heterocycles. The molecule has 0 atom stereocenters. The molecule has 1 N–H and O–H groups in total. The second-order valence-electron chi connectivity index (χ2n) is 5.56. The van der Waals surface area contributed by atoms with Crippen LogP contribution < -0.4 is 5.32 Å². The zero-order chi connectivity index (χ0) is 16.9. The number of hydrogen-bond donors (Lipinski definition) is 1. The molecule has 4 nitrogen and oxygen atoms in total. The van der Waals surface area contributed by atoms with Gasteiger partial charge >= 0.3 is 0 Å². The molecule has 3 rings (SSSR count). The number of anilines is 1. The maximum absolute atomic E-state index is 12.3. The van der Waals surface area contributed by atoms with E-state index in [1.165, 1.54) is 5.56 Å². The van der Waals surface area contributed by atoms with E-state index >= 15 is 0 Å². The van der Waals surface area contributed by atoms with Crippen LogP contribution in [0.2, 0.25) is 5.02 Å². The Morgan fingerprint density at radius 3 is 2.42 bits per heavy atom. The monoisotopic (exact) mass is 339 g/mol. The Balaban J connectivity index is 1.64. The first-order chi connectivity index (χ1) is 11.6. The lowest BCUT2D eigenvalue weighted by Crippen LogP contribution is -2.11. The van der Waals surface area contributed by atoms with Gasteiger partial charge in [-0.15, -0.1) is 0 Å². The Hall–Kier alpha value is -2.59. The van der Waals surface area contributed by atoms with Crippen LogP contribution >= 0.6 is 11.6 Å². The SMILES string of the molecule is CCc1ccc(C(=O)Nc2cnn(Cc3ccc(Cl)cc3)c2)cc1. The van der Waals surface area contributed by atoms with Crippen molar-refractivity contribution in [2.24, 2.45) is 0 Å². The Bertz CT molecular complexity index is 823. The normalized spacial score (nSPS) is 10.6. The number of nitrogens with zero attached hydrogens (tertiary/aromatic N) is 2. The largest absolute Gasteiger partial charge is 0.319 e. The molecule has 0 fully saturated rings. The van der Waals surface area contributed by atoms with Gasteiger partial charge < -0.3 is 5.32 Å². The fourth-order valence-corrected chi connectivity index (χ4v) is 2.51. The summed E-state index contributed by atoms with van der Waals surface area (Å²) in [6.07, 6.45) is 4.42. The molecular weight excluding hydrogens is 322 g/mol. The number of nitrogens with one attached hydrogen (secondary N) is 1. The van der Waals surface area contributed by atoms with Crippen molar-refractivity contribution in [1.29, 1.82) is 0 Å². The smallest absolute Gasteiger partial charge is 0.255 e. The van der Waals surface area contributed by atoms with E-state index in [0.717, 1.165) is 12.0 Å². The maximum Gasteiger partial charge on any atom is 0.255 e. The fourth-order valence-electron chi connectivity index (χ4n) is 2.39.